The summed E-state index contributed by atoms with van der Waals surface area (Å²) < 4.78 is 27.5. The summed E-state index contributed by atoms with van der Waals surface area (Å²) in [7, 11) is 7.36. The first kappa shape index (κ1) is 24.8. The van der Waals surface area contributed by atoms with Crippen molar-refractivity contribution in [3.8, 4) is 23.3 Å². The first-order valence-corrected chi connectivity index (χ1v) is 14.8. The third-order valence-electron chi connectivity index (χ3n) is 3.03. The highest BCUT2D eigenvalue weighted by atomic mass is 33.4. The molecule has 0 aliphatic rings. The molecule has 0 aliphatic heterocycles. The average Bonchev–Trinajstić information content (AvgIpc) is 2.75. The van der Waals surface area contributed by atoms with Crippen LogP contribution in [-0.4, -0.2) is 0 Å². The molecule has 0 atom stereocenters. The maximum atomic E-state index is 13.7. The molecule has 0 aromatic heterocycles. The van der Waals surface area contributed by atoms with Gasteiger partial charge in [0.2, 0.25) is 11.4 Å². The van der Waals surface area contributed by atoms with Crippen molar-refractivity contribution in [3.63, 3.8) is 0 Å². The molecular weight excluding hydrogens is 511 g/mol. The van der Waals surface area contributed by atoms with E-state index in [0.29, 0.717) is 0 Å². The van der Waals surface area contributed by atoms with Gasteiger partial charge in [0.1, 0.15) is 23.8 Å². The summed E-state index contributed by atoms with van der Waals surface area (Å²) in [4.78, 5) is 5.98. The van der Waals surface area contributed by atoms with E-state index >= 15 is 0 Å². The lowest BCUT2D eigenvalue weighted by Gasteiger charge is -2.07. The summed E-state index contributed by atoms with van der Waals surface area (Å²) in [5, 5.41) is 17.8. The van der Waals surface area contributed by atoms with Crippen LogP contribution in [0.1, 0.15) is 11.1 Å². The summed E-state index contributed by atoms with van der Waals surface area (Å²) >= 11 is 9.14. The van der Waals surface area contributed by atoms with Gasteiger partial charge in [-0.2, -0.15) is 10.5 Å². The van der Waals surface area contributed by atoms with E-state index in [1.54, 1.807) is 38.8 Å². The molecule has 2 aromatic carbocycles. The maximum Gasteiger partial charge on any atom is 0.224 e. The van der Waals surface area contributed by atoms with Crippen LogP contribution in [0.25, 0.3) is 20.8 Å². The van der Waals surface area contributed by atoms with Crippen molar-refractivity contribution in [2.24, 2.45) is 0 Å². The topological polar surface area (TPSA) is 56.3 Å². The standard InChI is InChI=1S/C16H4F2N4.S7/c1-21-13-5-9(3-11(7-19)15(13)17)10-4-12(8-20)16(18)14(6-10)22-2;1-3-5-7-6-4-2/h3-6H;. The van der Waals surface area contributed by atoms with E-state index in [1.807, 2.05) is 0 Å². The van der Waals surface area contributed by atoms with Gasteiger partial charge in [-0.25, -0.2) is 18.5 Å². The van der Waals surface area contributed by atoms with Crippen LogP contribution < -0.4 is 0 Å². The second-order valence-corrected chi connectivity index (χ2v) is 13.3. The zero-order valence-corrected chi connectivity index (χ0v) is 19.4. The highest BCUT2D eigenvalue weighted by Gasteiger charge is 2.15. The predicted octanol–water partition coefficient (Wildman–Crippen LogP) is 4.46. The predicted molar refractivity (Wildman–Crippen MR) is 125 cm³/mol. The monoisotopic (exact) mass is 514 g/mol. The Morgan fingerprint density at radius 2 is 1.14 bits per heavy atom. The lowest BCUT2D eigenvalue weighted by atomic mass is 9.99. The number of nitriles is 2. The molecule has 0 fully saturated rings. The van der Waals surface area contributed by atoms with Crippen LogP contribution in [0.5, 0.6) is 0 Å². The number of hydrogen-bond acceptors (Lipinski definition) is 4. The summed E-state index contributed by atoms with van der Waals surface area (Å²) in [6, 6.07) is 8.01. The third kappa shape index (κ3) is 6.97. The first-order chi connectivity index (χ1) is 14.0. The molecule has 2 rings (SSSR count). The molecule has 13 heteroatoms. The van der Waals surface area contributed by atoms with Gasteiger partial charge >= 0.3 is 0 Å². The summed E-state index contributed by atoms with van der Waals surface area (Å²) in [6.07, 6.45) is 0. The molecule has 144 valence electrons. The molecule has 0 saturated heterocycles. The van der Waals surface area contributed by atoms with Crippen LogP contribution in [0.2, 0.25) is 0 Å². The second kappa shape index (κ2) is 13.1. The van der Waals surface area contributed by atoms with Gasteiger partial charge in [0.15, 0.2) is 0 Å². The molecule has 0 heterocycles. The zero-order valence-electron chi connectivity index (χ0n) is 13.7. The molecule has 0 unspecified atom stereocenters. The van der Waals surface area contributed by atoms with Gasteiger partial charge in [-0.1, -0.05) is 0 Å². The van der Waals surface area contributed by atoms with E-state index in [-0.39, 0.29) is 33.6 Å². The third-order valence-corrected chi connectivity index (χ3v) is 11.9. The Balaban J connectivity index is 0.000000516. The maximum absolute atomic E-state index is 13.7. The van der Waals surface area contributed by atoms with Gasteiger partial charge in [0.25, 0.3) is 0 Å². The molecule has 0 spiro atoms. The quantitative estimate of drug-likeness (QED) is 0.528. The van der Waals surface area contributed by atoms with Crippen LogP contribution >= 0.6 is 0 Å². The zero-order chi connectivity index (χ0) is 21.8. The normalized spacial score (nSPS) is 8.48. The Labute approximate surface area is 189 Å². The summed E-state index contributed by atoms with van der Waals surface area (Å²) in [5.41, 5.74) is -0.885. The number of halogens is 2. The minimum absolute atomic E-state index is 0.255. The largest absolute Gasteiger partial charge is 0.235 e. The van der Waals surface area contributed by atoms with Crippen molar-refractivity contribution in [3.05, 3.63) is 69.9 Å². The smallest absolute Gasteiger partial charge is 0.224 e. The Bertz CT molecular complexity index is 1180. The summed E-state index contributed by atoms with van der Waals surface area (Å²) in [6.45, 7) is 13.8. The molecule has 0 N–H and O–H groups in total. The molecule has 2 aromatic rings. The lowest BCUT2D eigenvalue weighted by Crippen LogP contribution is -1.90. The highest BCUT2D eigenvalue weighted by Crippen LogP contribution is 2.33. The lowest BCUT2D eigenvalue weighted by molar-refractivity contribution is 0.629. The van der Waals surface area contributed by atoms with Gasteiger partial charge in [0.05, 0.1) is 24.3 Å². The van der Waals surface area contributed by atoms with Crippen molar-refractivity contribution in [1.29, 1.82) is 10.5 Å². The van der Waals surface area contributed by atoms with E-state index in [1.165, 1.54) is 42.0 Å². The Morgan fingerprint density at radius 3 is 1.41 bits per heavy atom. The van der Waals surface area contributed by atoms with E-state index in [9.17, 15) is 8.78 Å². The van der Waals surface area contributed by atoms with Crippen LogP contribution in [0.15, 0.2) is 24.3 Å². The number of hydrogen-bond donors (Lipinski definition) is 0. The van der Waals surface area contributed by atoms with E-state index in [2.05, 4.69) is 32.1 Å². The van der Waals surface area contributed by atoms with Crippen molar-refractivity contribution in [2.75, 3.05) is 0 Å². The fourth-order valence-electron chi connectivity index (χ4n) is 1.91. The van der Waals surface area contributed by atoms with Gasteiger partial charge < -0.3 is 0 Å². The highest BCUT2D eigenvalue weighted by molar-refractivity contribution is 8.68. The molecule has 0 aliphatic carbocycles. The van der Waals surface area contributed by atoms with Crippen LogP contribution in [0, 0.1) is 47.4 Å². The van der Waals surface area contributed by atoms with Crippen molar-refractivity contribution < 1.29 is 8.78 Å². The average molecular weight is 515 g/mol. The van der Waals surface area contributed by atoms with Crippen LogP contribution in [0.4, 0.5) is 20.2 Å². The molecule has 0 saturated carbocycles. The SMILES string of the molecule is S=S=S=S=S=S=S.[C-]#[N+]c1cc(-c2cc(C#N)c(F)c([N+]#[C-])c2)cc(C#N)c1F. The van der Waals surface area contributed by atoms with Crippen molar-refractivity contribution >= 4 is 78.2 Å². The van der Waals surface area contributed by atoms with Gasteiger partial charge in [-0.3, -0.25) is 0 Å². The second-order valence-electron chi connectivity index (χ2n) is 4.50. The number of benzene rings is 2. The number of rotatable bonds is 1. The van der Waals surface area contributed by atoms with Gasteiger partial charge in [0, 0.05) is 66.8 Å². The summed E-state index contributed by atoms with van der Waals surface area (Å²) in [5.74, 6) is -1.87. The molecular formula is C16H4F2N4S7. The Morgan fingerprint density at radius 1 is 0.759 bits per heavy atom. The van der Waals surface area contributed by atoms with Crippen molar-refractivity contribution in [1.82, 2.24) is 0 Å². The van der Waals surface area contributed by atoms with Crippen LogP contribution in [-0.2, 0) is 66.8 Å². The van der Waals surface area contributed by atoms with Gasteiger partial charge in [-0.15, -0.1) is 0 Å². The van der Waals surface area contributed by atoms with Crippen molar-refractivity contribution in [2.45, 2.75) is 0 Å². The molecule has 0 bridgehead atoms. The number of nitrogens with zero attached hydrogens (tertiary/aromatic N) is 4. The van der Waals surface area contributed by atoms with E-state index < -0.39 is 11.6 Å². The fraction of sp³-hybridized carbons (Fsp3) is 0. The Hall–Kier alpha value is -2.20. The van der Waals surface area contributed by atoms with E-state index in [0.717, 1.165) is 0 Å². The van der Waals surface area contributed by atoms with E-state index in [4.69, 9.17) is 23.7 Å². The fourth-order valence-corrected chi connectivity index (χ4v) is 10.1. The molecule has 29 heavy (non-hydrogen) atoms. The molecule has 0 radical (unpaired) electrons. The molecule has 4 nitrogen and oxygen atoms in total. The first-order valence-electron chi connectivity index (χ1n) is 6.78. The Kier molecular flexibility index (Phi) is 11.2. The minimum atomic E-state index is -0.936. The molecule has 0 amide bonds. The van der Waals surface area contributed by atoms with Gasteiger partial charge in [-0.05, 0) is 35.4 Å². The van der Waals surface area contributed by atoms with Crippen LogP contribution in [0.3, 0.4) is 0 Å². The minimum Gasteiger partial charge on any atom is -0.235 e.